The summed E-state index contributed by atoms with van der Waals surface area (Å²) in [5.41, 5.74) is 7.06. The van der Waals surface area contributed by atoms with Crippen LogP contribution in [0.3, 0.4) is 0 Å². The number of hydrogen-bond acceptors (Lipinski definition) is 2. The lowest BCUT2D eigenvalue weighted by Gasteiger charge is -2.27. The highest BCUT2D eigenvalue weighted by Crippen LogP contribution is 2.37. The van der Waals surface area contributed by atoms with Gasteiger partial charge in [-0.05, 0) is 36.6 Å². The van der Waals surface area contributed by atoms with E-state index in [1.807, 2.05) is 12.1 Å². The number of aromatic nitrogens is 1. The average molecular weight is 271 g/mol. The van der Waals surface area contributed by atoms with Crippen molar-refractivity contribution in [3.05, 3.63) is 35.0 Å². The van der Waals surface area contributed by atoms with Gasteiger partial charge in [0.1, 0.15) is 6.04 Å². The van der Waals surface area contributed by atoms with Gasteiger partial charge in [-0.1, -0.05) is 0 Å². The Bertz CT molecular complexity index is 701. The van der Waals surface area contributed by atoms with Gasteiger partial charge in [0.05, 0.1) is 18.8 Å². The second-order valence-electron chi connectivity index (χ2n) is 5.74. The number of benzene rings is 1. The van der Waals surface area contributed by atoms with Gasteiger partial charge in [-0.3, -0.25) is 10.2 Å². The fraction of sp³-hybridized carbons (Fsp3) is 0.400. The van der Waals surface area contributed by atoms with Gasteiger partial charge in [0.25, 0.3) is 5.91 Å². The van der Waals surface area contributed by atoms with Gasteiger partial charge in [-0.2, -0.15) is 0 Å². The monoisotopic (exact) mass is 271 g/mol. The molecule has 0 radical (unpaired) electrons. The number of fused-ring (bicyclic) bond motifs is 3. The third-order valence-corrected chi connectivity index (χ3v) is 4.70. The summed E-state index contributed by atoms with van der Waals surface area (Å²) in [7, 11) is 0. The number of carbonyl (C=O) groups is 1. The minimum Gasteiger partial charge on any atom is -0.337 e. The molecule has 1 atom stereocenters. The van der Waals surface area contributed by atoms with E-state index < -0.39 is 0 Å². The molecule has 20 heavy (non-hydrogen) atoms. The molecule has 104 valence electrons. The normalized spacial score (nSPS) is 20.8. The molecule has 1 aliphatic heterocycles. The number of hydrogen-bond donors (Lipinski definition) is 3. The fourth-order valence-corrected chi connectivity index (χ4v) is 3.87. The summed E-state index contributed by atoms with van der Waals surface area (Å²) < 4.78 is 2.46. The van der Waals surface area contributed by atoms with Gasteiger partial charge in [0.2, 0.25) is 0 Å². The van der Waals surface area contributed by atoms with E-state index in [2.05, 4.69) is 21.4 Å². The van der Waals surface area contributed by atoms with Crippen molar-refractivity contribution in [3.8, 4) is 0 Å². The molecule has 4 rings (SSSR count). The number of nitrogens with one attached hydrogen (secondary N) is 1. The van der Waals surface area contributed by atoms with E-state index in [1.54, 1.807) is 0 Å². The first-order valence-corrected chi connectivity index (χ1v) is 7.29. The van der Waals surface area contributed by atoms with Crippen LogP contribution < -0.4 is 16.6 Å². The summed E-state index contributed by atoms with van der Waals surface area (Å²) in [6.45, 7) is 2.21. The summed E-state index contributed by atoms with van der Waals surface area (Å²) in [4.78, 5) is 11.7. The number of rotatable bonds is 1. The van der Waals surface area contributed by atoms with Crippen molar-refractivity contribution in [2.75, 3.05) is 6.54 Å². The van der Waals surface area contributed by atoms with Crippen molar-refractivity contribution in [3.63, 3.8) is 0 Å². The van der Waals surface area contributed by atoms with E-state index >= 15 is 0 Å². The predicted octanol–water partition coefficient (Wildman–Crippen LogP) is 0.199. The zero-order valence-electron chi connectivity index (χ0n) is 11.4. The molecule has 0 saturated carbocycles. The molecule has 0 saturated heterocycles. The van der Waals surface area contributed by atoms with Gasteiger partial charge in [0.15, 0.2) is 0 Å². The summed E-state index contributed by atoms with van der Waals surface area (Å²) in [5, 5.41) is 3.70. The third-order valence-electron chi connectivity index (χ3n) is 4.70. The van der Waals surface area contributed by atoms with Crippen LogP contribution in [0.15, 0.2) is 18.2 Å². The van der Waals surface area contributed by atoms with E-state index in [0.29, 0.717) is 11.6 Å². The molecule has 1 amide bonds. The van der Waals surface area contributed by atoms with Crippen LogP contribution in [0.1, 0.15) is 40.5 Å². The largest absolute Gasteiger partial charge is 0.337 e. The van der Waals surface area contributed by atoms with Crippen LogP contribution in [-0.2, 0) is 13.0 Å². The standard InChI is InChI=1S/C15H18N4O/c16-18-15(20)9-4-5-13-11(8-9)10-2-1-3-12-14(10)19(13)7-6-17-12/h4-5,8,12,17H,1-3,6-7,16H2,(H,18,20)/p+1/t12-/m1/s1. The van der Waals surface area contributed by atoms with Crippen LogP contribution in [0.5, 0.6) is 0 Å². The predicted molar refractivity (Wildman–Crippen MR) is 76.1 cm³/mol. The Morgan fingerprint density at radius 3 is 3.20 bits per heavy atom. The van der Waals surface area contributed by atoms with Gasteiger partial charge in [0, 0.05) is 22.9 Å². The number of carbonyl (C=O) groups excluding carboxylic acids is 1. The van der Waals surface area contributed by atoms with E-state index in [-0.39, 0.29) is 5.91 Å². The van der Waals surface area contributed by atoms with E-state index in [0.717, 1.165) is 19.5 Å². The molecule has 2 aliphatic rings. The first-order valence-electron chi connectivity index (χ1n) is 7.29. The Morgan fingerprint density at radius 2 is 2.35 bits per heavy atom. The molecular weight excluding hydrogens is 252 g/mol. The van der Waals surface area contributed by atoms with Crippen molar-refractivity contribution in [1.82, 2.24) is 9.99 Å². The van der Waals surface area contributed by atoms with Crippen LogP contribution in [0.25, 0.3) is 10.9 Å². The molecule has 5 nitrogen and oxygen atoms in total. The number of nitrogens with zero attached hydrogens (tertiary/aromatic N) is 1. The van der Waals surface area contributed by atoms with Gasteiger partial charge in [-0.15, -0.1) is 0 Å². The molecule has 0 bridgehead atoms. The van der Waals surface area contributed by atoms with Crippen LogP contribution >= 0.6 is 0 Å². The number of nitrogens with two attached hydrogens (primary N) is 2. The molecule has 2 heterocycles. The first kappa shape index (κ1) is 11.9. The SMILES string of the molecule is NNC(=O)c1ccc2c(c1)c1c3n2CC[NH2+][C@@H]3CCC1. The maximum absolute atomic E-state index is 11.7. The number of quaternary nitrogens is 1. The number of aryl methyl sites for hydroxylation is 1. The van der Waals surface area contributed by atoms with E-state index in [1.165, 1.54) is 35.0 Å². The molecule has 5 heteroatoms. The van der Waals surface area contributed by atoms with Crippen molar-refractivity contribution in [2.24, 2.45) is 5.84 Å². The zero-order chi connectivity index (χ0) is 13.7. The zero-order valence-corrected chi connectivity index (χ0v) is 11.4. The van der Waals surface area contributed by atoms with E-state index in [9.17, 15) is 4.79 Å². The fourth-order valence-electron chi connectivity index (χ4n) is 3.87. The van der Waals surface area contributed by atoms with Gasteiger partial charge < -0.3 is 9.88 Å². The van der Waals surface area contributed by atoms with Gasteiger partial charge >= 0.3 is 0 Å². The molecule has 1 aromatic heterocycles. The Labute approximate surface area is 117 Å². The lowest BCUT2D eigenvalue weighted by Crippen LogP contribution is -2.88. The lowest BCUT2D eigenvalue weighted by molar-refractivity contribution is -0.704. The smallest absolute Gasteiger partial charge is 0.265 e. The van der Waals surface area contributed by atoms with Crippen LogP contribution in [0, 0.1) is 0 Å². The Balaban J connectivity index is 1.98. The van der Waals surface area contributed by atoms with Crippen LogP contribution in [0.2, 0.25) is 0 Å². The molecule has 2 aromatic rings. The second kappa shape index (κ2) is 4.33. The van der Waals surface area contributed by atoms with Crippen molar-refractivity contribution in [1.29, 1.82) is 0 Å². The molecule has 0 spiro atoms. The number of amides is 1. The van der Waals surface area contributed by atoms with Crippen molar-refractivity contribution in [2.45, 2.75) is 31.8 Å². The van der Waals surface area contributed by atoms with Crippen LogP contribution in [-0.4, -0.2) is 17.0 Å². The Kier molecular flexibility index (Phi) is 2.58. The topological polar surface area (TPSA) is 76.7 Å². The second-order valence-corrected chi connectivity index (χ2v) is 5.74. The lowest BCUT2D eigenvalue weighted by atomic mass is 9.90. The maximum Gasteiger partial charge on any atom is 0.265 e. The van der Waals surface area contributed by atoms with E-state index in [4.69, 9.17) is 5.84 Å². The van der Waals surface area contributed by atoms with Crippen molar-refractivity contribution < 1.29 is 10.1 Å². The Morgan fingerprint density at radius 1 is 1.45 bits per heavy atom. The molecule has 1 aromatic carbocycles. The third kappa shape index (κ3) is 1.53. The molecule has 0 fully saturated rings. The first-order chi connectivity index (χ1) is 9.79. The average Bonchev–Trinajstić information content (AvgIpc) is 2.83. The molecular formula is C15H19N4O+. The molecule has 5 N–H and O–H groups in total. The summed E-state index contributed by atoms with van der Waals surface area (Å²) in [6.07, 6.45) is 3.62. The molecule has 0 unspecified atom stereocenters. The van der Waals surface area contributed by atoms with Crippen molar-refractivity contribution >= 4 is 16.8 Å². The minimum atomic E-state index is -0.220. The summed E-state index contributed by atoms with van der Waals surface area (Å²) in [6, 6.07) is 6.54. The minimum absolute atomic E-state index is 0.220. The maximum atomic E-state index is 11.7. The number of hydrazine groups is 1. The summed E-state index contributed by atoms with van der Waals surface area (Å²) >= 11 is 0. The number of nitrogen functional groups attached to an aromatic ring is 1. The van der Waals surface area contributed by atoms with Gasteiger partial charge in [-0.25, -0.2) is 5.84 Å². The quantitative estimate of drug-likeness (QED) is 0.394. The highest BCUT2D eigenvalue weighted by atomic mass is 16.2. The Hall–Kier alpha value is -1.85. The highest BCUT2D eigenvalue weighted by Gasteiger charge is 2.32. The highest BCUT2D eigenvalue weighted by molar-refractivity contribution is 5.99. The summed E-state index contributed by atoms with van der Waals surface area (Å²) in [5.74, 6) is 5.02. The van der Waals surface area contributed by atoms with Crippen LogP contribution in [0.4, 0.5) is 0 Å². The molecule has 1 aliphatic carbocycles.